The zero-order valence-electron chi connectivity index (χ0n) is 46.6. The number of aromatic nitrogens is 3. The number of hydrogen-bond acceptors (Lipinski definition) is 11. The number of benzene rings is 3. The van der Waals surface area contributed by atoms with Gasteiger partial charge < -0.3 is 35.5 Å². The van der Waals surface area contributed by atoms with Gasteiger partial charge in [0, 0.05) is 94.0 Å². The van der Waals surface area contributed by atoms with E-state index in [9.17, 15) is 38.3 Å². The summed E-state index contributed by atoms with van der Waals surface area (Å²) in [6, 6.07) is 26.4. The first kappa shape index (κ1) is 63.3. The maximum absolute atomic E-state index is 13.9. The molecule has 8 rings (SSSR count). The minimum absolute atomic E-state index is 0. The number of aryl methyl sites for hydroxylation is 2. The number of halogens is 1. The van der Waals surface area contributed by atoms with Crippen LogP contribution in [0, 0.1) is 30.6 Å². The van der Waals surface area contributed by atoms with Crippen molar-refractivity contribution in [3.05, 3.63) is 118 Å². The second kappa shape index (κ2) is 27.9. The Kier molecular flexibility index (Phi) is 22.3. The molecular weight excluding hydrogens is 1140 g/mol. The van der Waals surface area contributed by atoms with Crippen LogP contribution in [-0.2, 0) is 66.3 Å². The maximum atomic E-state index is 13.9. The number of amides is 2. The van der Waals surface area contributed by atoms with E-state index in [2.05, 4.69) is 72.0 Å². The van der Waals surface area contributed by atoms with Crippen LogP contribution in [0.5, 0.6) is 0 Å². The van der Waals surface area contributed by atoms with Crippen LogP contribution in [0.4, 0.5) is 0 Å². The normalized spacial score (nSPS) is 20.9. The number of carbonyl (C=O) groups excluding carboxylic acids is 2. The number of fused-ring (bicyclic) bond motifs is 3. The Morgan fingerprint density at radius 1 is 0.734 bits per heavy atom. The standard InChI is InChI=1S/C57H81ClN10O8P2.Y/c1-41-9-18-50-45(31-41)14-16-48(61-50)37-64-23-27-66(39-77(71,72)73)29-25-65(26-30-67(28-24-64)40-78(74,75)76)38-53(69)60-22-8-6-7-21-59-35-43-10-12-44(13-11-43)36-68-52(46-15-17-49(58)42(2)32-46)33-51(63-68)54(70)62-55-56(3,4)47-19-20-57(55,5)34-47;/h9-18,31-33,47,55,59H,6-8,19-30,34-40H2,1-5H3,(H,60,69)(H,62,70)(H2,71,72,73)(H2,74,75,76);/q;+3. The number of hydrogen-bond donors (Lipinski definition) is 7. The minimum Gasteiger partial charge on any atom is -0.355 e. The van der Waals surface area contributed by atoms with Crippen molar-refractivity contribution in [2.45, 2.75) is 98.8 Å². The third-order valence-corrected chi connectivity index (χ3v) is 18.4. The topological polar surface area (TPSA) is 229 Å². The molecule has 3 aromatic carbocycles. The van der Waals surface area contributed by atoms with Crippen molar-refractivity contribution in [2.75, 3.05) is 84.6 Å². The van der Waals surface area contributed by atoms with Gasteiger partial charge in [-0.25, -0.2) is 0 Å². The number of pyridine rings is 1. The van der Waals surface area contributed by atoms with Gasteiger partial charge in [-0.2, -0.15) is 5.10 Å². The summed E-state index contributed by atoms with van der Waals surface area (Å²) in [5.41, 5.74) is 8.30. The second-order valence-corrected chi connectivity index (χ2v) is 26.8. The number of nitrogens with zero attached hydrogens (tertiary/aromatic N) is 7. The van der Waals surface area contributed by atoms with Crippen molar-refractivity contribution < 1.29 is 71.0 Å². The molecular formula is C57H81ClN10O8P2Y+3. The van der Waals surface area contributed by atoms with Crippen molar-refractivity contribution in [2.24, 2.45) is 16.7 Å². The zero-order valence-corrected chi connectivity index (χ0v) is 52.0. The average Bonchev–Trinajstić information content (AvgIpc) is 3.96. The van der Waals surface area contributed by atoms with E-state index < -0.39 is 27.8 Å². The minimum atomic E-state index is -4.41. The van der Waals surface area contributed by atoms with Gasteiger partial charge in [0.2, 0.25) is 5.91 Å². The van der Waals surface area contributed by atoms with Crippen LogP contribution in [-0.4, -0.2) is 156 Å². The molecule has 3 fully saturated rings. The van der Waals surface area contributed by atoms with Gasteiger partial charge >= 0.3 is 47.9 Å². The maximum Gasteiger partial charge on any atom is 3.00 e. The fourth-order valence-electron chi connectivity index (χ4n) is 12.1. The summed E-state index contributed by atoms with van der Waals surface area (Å²) in [6.45, 7) is 16.6. The molecule has 1 aliphatic heterocycles. The summed E-state index contributed by atoms with van der Waals surface area (Å²) < 4.78 is 26.5. The molecule has 2 amide bonds. The predicted octanol–water partition coefficient (Wildman–Crippen LogP) is 7.43. The molecule has 5 aromatic rings. The summed E-state index contributed by atoms with van der Waals surface area (Å²) in [7, 11) is -8.82. The molecule has 0 spiro atoms. The molecule has 2 bridgehead atoms. The Balaban J connectivity index is 0.00000903. The molecule has 3 heterocycles. The summed E-state index contributed by atoms with van der Waals surface area (Å²) in [6.07, 6.45) is 5.24. The molecule has 3 unspecified atom stereocenters. The SMILES string of the molecule is Cc1ccc2nc(CN3CCN(CP(=O)(O)O)CCN(CC(=O)NCCCCCNCc4ccc(Cn5nc(C(=O)NC6C7(C)CCC(C7)C6(C)C)cc5-c5ccc(Cl)c(C)c5)cc4)CCN(CP(=O)(O)O)CC3)ccc2c1.[Y+3]. The van der Waals surface area contributed by atoms with E-state index in [0.29, 0.717) is 82.1 Å². The molecule has 3 atom stereocenters. The van der Waals surface area contributed by atoms with Crippen LogP contribution >= 0.6 is 26.8 Å². The van der Waals surface area contributed by atoms with Gasteiger partial charge in [0.25, 0.3) is 5.91 Å². The van der Waals surface area contributed by atoms with E-state index in [0.717, 1.165) is 88.8 Å². The van der Waals surface area contributed by atoms with Gasteiger partial charge in [-0.15, -0.1) is 0 Å². The first-order valence-corrected chi connectivity index (χ1v) is 31.5. The van der Waals surface area contributed by atoms with E-state index >= 15 is 0 Å². The molecule has 2 aliphatic carbocycles. The summed E-state index contributed by atoms with van der Waals surface area (Å²) in [5, 5.41) is 16.6. The molecule has 424 valence electrons. The van der Waals surface area contributed by atoms with E-state index in [1.807, 2.05) is 72.0 Å². The van der Waals surface area contributed by atoms with Crippen LogP contribution in [0.3, 0.4) is 0 Å². The number of rotatable bonds is 21. The van der Waals surface area contributed by atoms with Crippen molar-refractivity contribution in [3.63, 3.8) is 0 Å². The molecule has 0 radical (unpaired) electrons. The Morgan fingerprint density at radius 2 is 1.37 bits per heavy atom. The first-order valence-electron chi connectivity index (χ1n) is 27.5. The van der Waals surface area contributed by atoms with Gasteiger partial charge in [-0.3, -0.25) is 48.0 Å². The monoisotopic (exact) mass is 1220 g/mol. The quantitative estimate of drug-likeness (QED) is 0.0280. The van der Waals surface area contributed by atoms with E-state index in [4.69, 9.17) is 21.7 Å². The van der Waals surface area contributed by atoms with E-state index in [1.165, 1.54) is 6.42 Å². The zero-order chi connectivity index (χ0) is 55.8. The molecule has 79 heavy (non-hydrogen) atoms. The molecule has 22 heteroatoms. The summed E-state index contributed by atoms with van der Waals surface area (Å²) >= 11 is 6.42. The van der Waals surface area contributed by atoms with Gasteiger partial charge in [-0.1, -0.05) is 86.8 Å². The van der Waals surface area contributed by atoms with Crippen LogP contribution < -0.4 is 16.0 Å². The number of nitrogens with one attached hydrogen (secondary N) is 3. The predicted molar refractivity (Wildman–Crippen MR) is 307 cm³/mol. The Morgan fingerprint density at radius 3 is 2.00 bits per heavy atom. The van der Waals surface area contributed by atoms with Crippen LogP contribution in [0.25, 0.3) is 22.2 Å². The molecule has 2 saturated carbocycles. The Bertz CT molecular complexity index is 2930. The largest absolute Gasteiger partial charge is 3.00 e. The van der Waals surface area contributed by atoms with Crippen LogP contribution in [0.2, 0.25) is 5.02 Å². The third-order valence-electron chi connectivity index (χ3n) is 16.4. The van der Waals surface area contributed by atoms with Crippen LogP contribution in [0.1, 0.15) is 97.7 Å². The fraction of sp³-hybridized carbons (Fsp3) is 0.544. The fourth-order valence-corrected chi connectivity index (χ4v) is 13.8. The van der Waals surface area contributed by atoms with Gasteiger partial charge in [-0.05, 0) is 122 Å². The number of unbranched alkanes of at least 4 members (excludes halogenated alkanes) is 2. The van der Waals surface area contributed by atoms with Gasteiger partial charge in [0.1, 0.15) is 12.6 Å². The first-order chi connectivity index (χ1) is 37.0. The third kappa shape index (κ3) is 18.1. The average molecular weight is 1220 g/mol. The van der Waals surface area contributed by atoms with Crippen molar-refractivity contribution >= 4 is 49.5 Å². The van der Waals surface area contributed by atoms with Crippen molar-refractivity contribution in [3.8, 4) is 11.3 Å². The number of carbonyl (C=O) groups is 2. The van der Waals surface area contributed by atoms with Crippen LogP contribution in [0.15, 0.2) is 78.9 Å². The van der Waals surface area contributed by atoms with Crippen molar-refractivity contribution in [1.82, 2.24) is 50.3 Å². The Labute approximate surface area is 496 Å². The van der Waals surface area contributed by atoms with Gasteiger partial charge in [0.15, 0.2) is 5.69 Å². The van der Waals surface area contributed by atoms with Crippen molar-refractivity contribution in [1.29, 1.82) is 0 Å². The summed E-state index contributed by atoms with van der Waals surface area (Å²) in [4.78, 5) is 79.6. The Hall–Kier alpha value is -3.29. The molecule has 1 saturated heterocycles. The molecule has 7 N–H and O–H groups in total. The molecule has 2 aromatic heterocycles. The molecule has 18 nitrogen and oxygen atoms in total. The van der Waals surface area contributed by atoms with E-state index in [1.54, 1.807) is 9.80 Å². The smallest absolute Gasteiger partial charge is 0.355 e. The van der Waals surface area contributed by atoms with Gasteiger partial charge in [0.05, 0.1) is 30.0 Å². The van der Waals surface area contributed by atoms with E-state index in [-0.39, 0.29) is 81.0 Å². The molecule has 3 aliphatic rings. The second-order valence-electron chi connectivity index (χ2n) is 23.2. The summed E-state index contributed by atoms with van der Waals surface area (Å²) in [5.74, 6) is 0.288.